The summed E-state index contributed by atoms with van der Waals surface area (Å²) >= 11 is 1.66. The molecule has 0 spiro atoms. The van der Waals surface area contributed by atoms with Crippen LogP contribution in [0.1, 0.15) is 35.7 Å². The molecule has 1 fully saturated rings. The lowest BCUT2D eigenvalue weighted by Gasteiger charge is -2.39. The van der Waals surface area contributed by atoms with Gasteiger partial charge in [-0.25, -0.2) is 4.39 Å². The first-order valence-corrected chi connectivity index (χ1v) is 9.67. The highest BCUT2D eigenvalue weighted by Gasteiger charge is 2.35. The number of piperidine rings is 1. The van der Waals surface area contributed by atoms with Crippen molar-refractivity contribution in [2.75, 3.05) is 6.54 Å². The third-order valence-electron chi connectivity index (χ3n) is 5.04. The first kappa shape index (κ1) is 17.2. The summed E-state index contributed by atoms with van der Waals surface area (Å²) in [6.45, 7) is 0.701. The minimum absolute atomic E-state index is 0.246. The van der Waals surface area contributed by atoms with Crippen molar-refractivity contribution in [1.82, 2.24) is 4.90 Å². The van der Waals surface area contributed by atoms with Gasteiger partial charge in [0.25, 0.3) is 0 Å². The lowest BCUT2D eigenvalue weighted by Crippen LogP contribution is -2.46. The average Bonchev–Trinajstić information content (AvgIpc) is 3.06. The van der Waals surface area contributed by atoms with Crippen LogP contribution in [-0.4, -0.2) is 28.6 Å². The van der Waals surface area contributed by atoms with Gasteiger partial charge in [-0.2, -0.15) is 0 Å². The number of benzene rings is 2. The molecule has 3 nitrogen and oxygen atoms in total. The predicted molar refractivity (Wildman–Crippen MR) is 102 cm³/mol. The van der Waals surface area contributed by atoms with E-state index in [-0.39, 0.29) is 11.9 Å². The Morgan fingerprint density at radius 3 is 2.77 bits per heavy atom. The van der Waals surface area contributed by atoms with Crippen LogP contribution in [0.25, 0.3) is 10.1 Å². The topological polar surface area (TPSA) is 40.5 Å². The molecular formula is C21H20FNO2S. The number of likely N-dealkylation sites (tertiary alicyclic amines) is 1. The summed E-state index contributed by atoms with van der Waals surface area (Å²) in [7, 11) is 0. The van der Waals surface area contributed by atoms with Gasteiger partial charge in [-0.1, -0.05) is 36.8 Å². The zero-order chi connectivity index (χ0) is 18.1. The molecule has 0 amide bonds. The molecule has 0 radical (unpaired) electrons. The number of thiophene rings is 1. The summed E-state index contributed by atoms with van der Waals surface area (Å²) in [5.41, 5.74) is 0.810. The Morgan fingerprint density at radius 1 is 1.15 bits per heavy atom. The van der Waals surface area contributed by atoms with Crippen LogP contribution in [0.4, 0.5) is 4.39 Å². The summed E-state index contributed by atoms with van der Waals surface area (Å²) in [4.78, 5) is 15.0. The lowest BCUT2D eigenvalue weighted by atomic mass is 9.95. The molecule has 1 aliphatic heterocycles. The van der Waals surface area contributed by atoms with Gasteiger partial charge in [0.1, 0.15) is 11.9 Å². The maximum absolute atomic E-state index is 13.9. The Kier molecular flexibility index (Phi) is 4.74. The second-order valence-corrected chi connectivity index (χ2v) is 7.85. The zero-order valence-electron chi connectivity index (χ0n) is 14.3. The highest BCUT2D eigenvalue weighted by molar-refractivity contribution is 7.19. The van der Waals surface area contributed by atoms with Crippen molar-refractivity contribution in [3.63, 3.8) is 0 Å². The van der Waals surface area contributed by atoms with Gasteiger partial charge in [0, 0.05) is 9.58 Å². The normalized spacial score (nSPS) is 19.5. The van der Waals surface area contributed by atoms with Crippen molar-refractivity contribution in [2.45, 2.75) is 31.3 Å². The fraction of sp³-hybridized carbons (Fsp3) is 0.286. The molecule has 3 aromatic rings. The van der Waals surface area contributed by atoms with Crippen LogP contribution >= 0.6 is 11.3 Å². The van der Waals surface area contributed by atoms with Crippen LogP contribution in [-0.2, 0) is 4.79 Å². The van der Waals surface area contributed by atoms with Gasteiger partial charge in [0.05, 0.1) is 6.04 Å². The molecule has 26 heavy (non-hydrogen) atoms. The Labute approximate surface area is 155 Å². The van der Waals surface area contributed by atoms with Crippen LogP contribution in [0.15, 0.2) is 54.6 Å². The van der Waals surface area contributed by atoms with Crippen LogP contribution in [0.5, 0.6) is 0 Å². The first-order chi connectivity index (χ1) is 12.6. The molecule has 2 aromatic carbocycles. The quantitative estimate of drug-likeness (QED) is 0.698. The van der Waals surface area contributed by atoms with Crippen molar-refractivity contribution in [2.24, 2.45) is 0 Å². The van der Waals surface area contributed by atoms with Crippen molar-refractivity contribution in [3.05, 3.63) is 70.9 Å². The van der Waals surface area contributed by atoms with E-state index >= 15 is 0 Å². The maximum atomic E-state index is 13.9. The van der Waals surface area contributed by atoms with Crippen molar-refractivity contribution >= 4 is 27.4 Å². The monoisotopic (exact) mass is 369 g/mol. The first-order valence-electron chi connectivity index (χ1n) is 8.86. The molecule has 2 unspecified atom stereocenters. The van der Waals surface area contributed by atoms with Gasteiger partial charge in [0.2, 0.25) is 0 Å². The summed E-state index contributed by atoms with van der Waals surface area (Å²) in [5.74, 6) is -1.09. The lowest BCUT2D eigenvalue weighted by molar-refractivity contribution is -0.145. The summed E-state index contributed by atoms with van der Waals surface area (Å²) < 4.78 is 15.1. The molecule has 1 aromatic heterocycles. The number of halogens is 1. The molecule has 1 saturated heterocycles. The number of carboxylic acids is 1. The molecule has 0 aliphatic carbocycles. The number of carboxylic acid groups (broad SMARTS) is 1. The van der Waals surface area contributed by atoms with Crippen molar-refractivity contribution in [3.8, 4) is 0 Å². The fourth-order valence-electron chi connectivity index (χ4n) is 3.86. The number of hydrogen-bond acceptors (Lipinski definition) is 3. The van der Waals surface area contributed by atoms with E-state index in [0.29, 0.717) is 13.0 Å². The third-order valence-corrected chi connectivity index (χ3v) is 6.21. The number of carbonyl (C=O) groups is 1. The van der Waals surface area contributed by atoms with Crippen LogP contribution in [0.3, 0.4) is 0 Å². The molecule has 0 bridgehead atoms. The Hall–Kier alpha value is -2.24. The molecule has 4 rings (SSSR count). The minimum Gasteiger partial charge on any atom is -0.480 e. The zero-order valence-corrected chi connectivity index (χ0v) is 15.1. The molecule has 1 aliphatic rings. The Balaban J connectivity index is 1.84. The van der Waals surface area contributed by atoms with E-state index in [4.69, 9.17) is 0 Å². The van der Waals surface area contributed by atoms with Gasteiger partial charge in [-0.15, -0.1) is 11.3 Å². The van der Waals surface area contributed by atoms with Gasteiger partial charge in [-0.05, 0) is 54.6 Å². The van der Waals surface area contributed by atoms with E-state index in [2.05, 4.69) is 18.2 Å². The smallest absolute Gasteiger partial charge is 0.320 e. The molecule has 134 valence electrons. The summed E-state index contributed by atoms with van der Waals surface area (Å²) in [6.07, 6.45) is 2.50. The molecule has 5 heteroatoms. The highest BCUT2D eigenvalue weighted by Crippen LogP contribution is 2.39. The minimum atomic E-state index is -0.799. The van der Waals surface area contributed by atoms with E-state index in [0.717, 1.165) is 33.4 Å². The van der Waals surface area contributed by atoms with E-state index in [1.165, 1.54) is 12.1 Å². The van der Waals surface area contributed by atoms with E-state index in [9.17, 15) is 14.3 Å². The molecule has 0 saturated carbocycles. The van der Waals surface area contributed by atoms with E-state index in [1.807, 2.05) is 23.1 Å². The number of aliphatic carboxylic acids is 1. The van der Waals surface area contributed by atoms with Gasteiger partial charge in [0.15, 0.2) is 0 Å². The van der Waals surface area contributed by atoms with Gasteiger partial charge >= 0.3 is 5.97 Å². The van der Waals surface area contributed by atoms with E-state index < -0.39 is 12.0 Å². The van der Waals surface area contributed by atoms with Crippen LogP contribution in [0, 0.1) is 5.82 Å². The second-order valence-electron chi connectivity index (χ2n) is 6.73. The summed E-state index contributed by atoms with van der Waals surface area (Å²) in [6, 6.07) is 16.0. The number of rotatable bonds is 4. The number of fused-ring (bicyclic) bond motifs is 1. The van der Waals surface area contributed by atoms with Crippen LogP contribution in [0.2, 0.25) is 0 Å². The molecule has 1 N–H and O–H groups in total. The number of hydrogen-bond donors (Lipinski definition) is 1. The maximum Gasteiger partial charge on any atom is 0.320 e. The van der Waals surface area contributed by atoms with E-state index in [1.54, 1.807) is 17.4 Å². The highest BCUT2D eigenvalue weighted by atomic mass is 32.1. The fourth-order valence-corrected chi connectivity index (χ4v) is 5.08. The molecule has 2 atom stereocenters. The van der Waals surface area contributed by atoms with Crippen molar-refractivity contribution in [1.29, 1.82) is 0 Å². The van der Waals surface area contributed by atoms with Gasteiger partial charge < -0.3 is 5.11 Å². The standard InChI is InChI=1S/C21H20FNO2S/c22-16-8-5-7-15(12-16)20(23-11-4-3-9-17(23)21(24)25)19-13-14-6-1-2-10-18(14)26-19/h1-2,5-8,10,12-13,17,20H,3-4,9,11H2,(H,24,25). The molecule has 2 heterocycles. The largest absolute Gasteiger partial charge is 0.480 e. The second kappa shape index (κ2) is 7.17. The number of nitrogens with zero attached hydrogens (tertiary/aromatic N) is 1. The summed E-state index contributed by atoms with van der Waals surface area (Å²) in [5, 5.41) is 10.9. The van der Waals surface area contributed by atoms with Crippen molar-refractivity contribution < 1.29 is 14.3 Å². The average molecular weight is 369 g/mol. The van der Waals surface area contributed by atoms with Crippen LogP contribution < -0.4 is 0 Å². The predicted octanol–water partition coefficient (Wildman–Crippen LogP) is 5.07. The van der Waals surface area contributed by atoms with Gasteiger partial charge in [-0.3, -0.25) is 9.69 Å². The Morgan fingerprint density at radius 2 is 2.00 bits per heavy atom. The molecular weight excluding hydrogens is 349 g/mol. The third kappa shape index (κ3) is 3.24. The SMILES string of the molecule is O=C(O)C1CCCCN1C(c1cccc(F)c1)c1cc2ccccc2s1. The Bertz CT molecular complexity index is 905.